The summed E-state index contributed by atoms with van der Waals surface area (Å²) in [5.41, 5.74) is 1.26. The third-order valence-corrected chi connectivity index (χ3v) is 2.93. The highest BCUT2D eigenvalue weighted by atomic mass is 15.4. The van der Waals surface area contributed by atoms with Crippen molar-refractivity contribution in [3.8, 4) is 0 Å². The molecule has 0 aromatic carbocycles. The van der Waals surface area contributed by atoms with E-state index in [0.717, 1.165) is 19.4 Å². The highest BCUT2D eigenvalue weighted by Crippen LogP contribution is 2.08. The first-order valence-electron chi connectivity index (χ1n) is 6.36. The van der Waals surface area contributed by atoms with Gasteiger partial charge in [-0.2, -0.15) is 0 Å². The quantitative estimate of drug-likeness (QED) is 0.734. The first-order valence-corrected chi connectivity index (χ1v) is 6.36. The topological polar surface area (TPSA) is 42.7 Å². The van der Waals surface area contributed by atoms with Crippen molar-refractivity contribution in [3.05, 3.63) is 11.9 Å². The van der Waals surface area contributed by atoms with E-state index in [1.165, 1.54) is 25.0 Å². The molecule has 1 heterocycles. The average molecular weight is 224 g/mol. The van der Waals surface area contributed by atoms with Crippen LogP contribution < -0.4 is 5.32 Å². The molecule has 0 bridgehead atoms. The van der Waals surface area contributed by atoms with Crippen LogP contribution in [0.1, 0.15) is 45.2 Å². The normalized spacial score (nSPS) is 12.9. The molecule has 1 N–H and O–H groups in total. The van der Waals surface area contributed by atoms with Gasteiger partial charge in [-0.25, -0.2) is 4.68 Å². The van der Waals surface area contributed by atoms with Crippen LogP contribution in [0.3, 0.4) is 0 Å². The lowest BCUT2D eigenvalue weighted by molar-refractivity contribution is 0.469. The molecule has 4 heteroatoms. The molecule has 0 aliphatic heterocycles. The van der Waals surface area contributed by atoms with Gasteiger partial charge in [0.2, 0.25) is 0 Å². The lowest BCUT2D eigenvalue weighted by atomic mass is 10.1. The molecule has 16 heavy (non-hydrogen) atoms. The van der Waals surface area contributed by atoms with Crippen molar-refractivity contribution in [1.82, 2.24) is 20.3 Å². The van der Waals surface area contributed by atoms with E-state index in [1.807, 2.05) is 17.9 Å². The molecule has 0 amide bonds. The lowest BCUT2D eigenvalue weighted by Gasteiger charge is -2.14. The van der Waals surface area contributed by atoms with Crippen LogP contribution >= 0.6 is 0 Å². The molecule has 92 valence electrons. The smallest absolute Gasteiger partial charge is 0.0725 e. The lowest BCUT2D eigenvalue weighted by Crippen LogP contribution is -2.25. The second-order valence-corrected chi connectivity index (χ2v) is 4.26. The van der Waals surface area contributed by atoms with Crippen molar-refractivity contribution in [3.63, 3.8) is 0 Å². The molecule has 4 nitrogen and oxygen atoms in total. The van der Waals surface area contributed by atoms with Gasteiger partial charge in [-0.05, 0) is 32.7 Å². The summed E-state index contributed by atoms with van der Waals surface area (Å²) in [6.45, 7) is 5.37. The van der Waals surface area contributed by atoms with Crippen molar-refractivity contribution in [1.29, 1.82) is 0 Å². The molecule has 0 saturated carbocycles. The van der Waals surface area contributed by atoms with Crippen molar-refractivity contribution in [2.24, 2.45) is 0 Å². The molecule has 0 fully saturated rings. The Balaban J connectivity index is 2.43. The molecule has 1 aromatic rings. The van der Waals surface area contributed by atoms with Gasteiger partial charge >= 0.3 is 0 Å². The molecule has 0 spiro atoms. The summed E-state index contributed by atoms with van der Waals surface area (Å²) in [7, 11) is 2.04. The van der Waals surface area contributed by atoms with Gasteiger partial charge in [0, 0.05) is 12.6 Å². The zero-order valence-electron chi connectivity index (χ0n) is 10.7. The summed E-state index contributed by atoms with van der Waals surface area (Å²) in [6.07, 6.45) is 7.72. The summed E-state index contributed by atoms with van der Waals surface area (Å²) in [5.74, 6) is 0. The van der Waals surface area contributed by atoms with Gasteiger partial charge in [-0.15, -0.1) is 5.10 Å². The van der Waals surface area contributed by atoms with Gasteiger partial charge in [0.25, 0.3) is 0 Å². The van der Waals surface area contributed by atoms with Crippen LogP contribution in [-0.2, 0) is 13.0 Å². The van der Waals surface area contributed by atoms with Crippen LogP contribution in [0.4, 0.5) is 0 Å². The molecule has 1 atom stereocenters. The summed E-state index contributed by atoms with van der Waals surface area (Å²) in [6, 6.07) is 0.620. The van der Waals surface area contributed by atoms with Gasteiger partial charge < -0.3 is 5.32 Å². The van der Waals surface area contributed by atoms with E-state index >= 15 is 0 Å². The molecule has 0 aliphatic rings. The minimum Gasteiger partial charge on any atom is -0.317 e. The van der Waals surface area contributed by atoms with Crippen molar-refractivity contribution >= 4 is 0 Å². The van der Waals surface area contributed by atoms with E-state index in [-0.39, 0.29) is 0 Å². The van der Waals surface area contributed by atoms with Crippen molar-refractivity contribution < 1.29 is 0 Å². The van der Waals surface area contributed by atoms with E-state index in [2.05, 4.69) is 29.5 Å². The molecule has 0 saturated heterocycles. The van der Waals surface area contributed by atoms with Gasteiger partial charge in [0.05, 0.1) is 11.9 Å². The van der Waals surface area contributed by atoms with Crippen LogP contribution in [0.2, 0.25) is 0 Å². The number of hydrogen-bond acceptors (Lipinski definition) is 3. The number of aryl methyl sites for hydroxylation is 2. The predicted molar refractivity (Wildman–Crippen MR) is 66.4 cm³/mol. The second-order valence-electron chi connectivity index (χ2n) is 4.26. The predicted octanol–water partition coefficient (Wildman–Crippen LogP) is 2.01. The molecule has 0 aliphatic carbocycles. The maximum atomic E-state index is 4.10. The van der Waals surface area contributed by atoms with Crippen LogP contribution in [0.5, 0.6) is 0 Å². The number of hydrogen-bond donors (Lipinski definition) is 1. The summed E-state index contributed by atoms with van der Waals surface area (Å²) < 4.78 is 2.03. The van der Waals surface area contributed by atoms with E-state index in [0.29, 0.717) is 6.04 Å². The Morgan fingerprint density at radius 1 is 1.31 bits per heavy atom. The molecule has 0 radical (unpaired) electrons. The highest BCUT2D eigenvalue weighted by molar-refractivity contribution is 4.95. The summed E-state index contributed by atoms with van der Waals surface area (Å²) in [4.78, 5) is 0. The fourth-order valence-corrected chi connectivity index (χ4v) is 1.98. The van der Waals surface area contributed by atoms with Gasteiger partial charge in [0.15, 0.2) is 0 Å². The number of nitrogens with zero attached hydrogens (tertiary/aromatic N) is 3. The van der Waals surface area contributed by atoms with E-state index in [1.54, 1.807) is 0 Å². The molecule has 1 unspecified atom stereocenters. The fourth-order valence-electron chi connectivity index (χ4n) is 1.98. The monoisotopic (exact) mass is 224 g/mol. The zero-order chi connectivity index (χ0) is 11.8. The second kappa shape index (κ2) is 7.39. The Bertz CT molecular complexity index is 282. The van der Waals surface area contributed by atoms with Crippen LogP contribution in [0.15, 0.2) is 6.20 Å². The summed E-state index contributed by atoms with van der Waals surface area (Å²) >= 11 is 0. The van der Waals surface area contributed by atoms with Crippen LogP contribution in [0, 0.1) is 0 Å². The van der Waals surface area contributed by atoms with Crippen LogP contribution in [-0.4, -0.2) is 28.1 Å². The number of rotatable bonds is 8. The van der Waals surface area contributed by atoms with E-state index < -0.39 is 0 Å². The number of nitrogens with one attached hydrogen (secondary N) is 1. The molecular weight excluding hydrogens is 200 g/mol. The molecular formula is C12H24N4. The maximum absolute atomic E-state index is 4.10. The average Bonchev–Trinajstić information content (AvgIpc) is 2.72. The van der Waals surface area contributed by atoms with E-state index in [9.17, 15) is 0 Å². The Kier molecular flexibility index (Phi) is 6.08. The zero-order valence-corrected chi connectivity index (χ0v) is 10.7. The minimum absolute atomic E-state index is 0.620. The SMILES string of the molecule is CCCC(CCc1cnnn1CCC)NC. The van der Waals surface area contributed by atoms with Crippen molar-refractivity contribution in [2.75, 3.05) is 7.05 Å². The first-order chi connectivity index (χ1) is 7.81. The number of aromatic nitrogens is 3. The van der Waals surface area contributed by atoms with Crippen molar-refractivity contribution in [2.45, 2.75) is 58.5 Å². The van der Waals surface area contributed by atoms with Gasteiger partial charge in [-0.1, -0.05) is 25.5 Å². The first kappa shape index (κ1) is 13.2. The summed E-state index contributed by atoms with van der Waals surface area (Å²) in [5, 5.41) is 11.5. The third kappa shape index (κ3) is 3.93. The minimum atomic E-state index is 0.620. The third-order valence-electron chi connectivity index (χ3n) is 2.93. The molecule has 1 rings (SSSR count). The van der Waals surface area contributed by atoms with Gasteiger partial charge in [-0.3, -0.25) is 0 Å². The molecule has 1 aromatic heterocycles. The standard InChI is InChI=1S/C12H24N4/c1-4-6-11(13-3)7-8-12-10-14-15-16(12)9-5-2/h10-11,13H,4-9H2,1-3H3. The Labute approximate surface area is 98.4 Å². The largest absolute Gasteiger partial charge is 0.317 e. The Morgan fingerprint density at radius 2 is 2.12 bits per heavy atom. The van der Waals surface area contributed by atoms with E-state index in [4.69, 9.17) is 0 Å². The maximum Gasteiger partial charge on any atom is 0.0725 e. The Morgan fingerprint density at radius 3 is 2.75 bits per heavy atom. The van der Waals surface area contributed by atoms with Gasteiger partial charge in [0.1, 0.15) is 0 Å². The highest BCUT2D eigenvalue weighted by Gasteiger charge is 2.08. The Hall–Kier alpha value is -0.900. The fraction of sp³-hybridized carbons (Fsp3) is 0.833. The van der Waals surface area contributed by atoms with Crippen LogP contribution in [0.25, 0.3) is 0 Å².